The van der Waals surface area contributed by atoms with E-state index in [1.54, 1.807) is 55.4 Å². The van der Waals surface area contributed by atoms with Gasteiger partial charge in [0, 0.05) is 47.6 Å². The number of nitrogens with zero attached hydrogens (tertiary/aromatic N) is 9. The van der Waals surface area contributed by atoms with E-state index in [-0.39, 0.29) is 27.8 Å². The maximum atomic E-state index is 15.8. The second kappa shape index (κ2) is 8.24. The van der Waals surface area contributed by atoms with Crippen molar-refractivity contribution in [3.8, 4) is 27.8 Å². The summed E-state index contributed by atoms with van der Waals surface area (Å²) in [5, 5.41) is 21.5. The lowest BCUT2D eigenvalue weighted by molar-refractivity contribution is 0.484. The first-order valence-corrected chi connectivity index (χ1v) is 11.6. The molecule has 1 atom stereocenters. The molecule has 0 amide bonds. The van der Waals surface area contributed by atoms with Gasteiger partial charge < -0.3 is 0 Å². The third-order valence-electron chi connectivity index (χ3n) is 5.89. The number of thiophene rings is 1. The molecule has 9 nitrogen and oxygen atoms in total. The summed E-state index contributed by atoms with van der Waals surface area (Å²) in [7, 11) is 1.78. The van der Waals surface area contributed by atoms with Crippen molar-refractivity contribution in [2.45, 2.75) is 13.0 Å². The van der Waals surface area contributed by atoms with Crippen molar-refractivity contribution >= 4 is 33.5 Å². The molecular formula is C24H15F2N9S. The first kappa shape index (κ1) is 21.9. The quantitative estimate of drug-likeness (QED) is 0.347. The molecule has 0 aliphatic rings. The molecule has 6 aromatic rings. The second-order valence-corrected chi connectivity index (χ2v) is 9.25. The van der Waals surface area contributed by atoms with Gasteiger partial charge in [0.15, 0.2) is 5.65 Å². The predicted octanol–water partition coefficient (Wildman–Crippen LogP) is 4.66. The van der Waals surface area contributed by atoms with E-state index in [4.69, 9.17) is 5.26 Å². The van der Waals surface area contributed by atoms with E-state index < -0.39 is 17.7 Å². The van der Waals surface area contributed by atoms with Gasteiger partial charge in [0.05, 0.1) is 28.8 Å². The van der Waals surface area contributed by atoms with Gasteiger partial charge in [-0.2, -0.15) is 10.4 Å². The molecule has 176 valence electrons. The van der Waals surface area contributed by atoms with Crippen LogP contribution in [0.4, 0.5) is 8.78 Å². The van der Waals surface area contributed by atoms with Crippen LogP contribution in [0.5, 0.6) is 0 Å². The van der Waals surface area contributed by atoms with Gasteiger partial charge in [0.2, 0.25) is 5.65 Å². The highest BCUT2D eigenvalue weighted by Gasteiger charge is 2.25. The third kappa shape index (κ3) is 3.48. The van der Waals surface area contributed by atoms with Gasteiger partial charge in [0.1, 0.15) is 28.3 Å². The monoisotopic (exact) mass is 499 g/mol. The Morgan fingerprint density at radius 2 is 1.94 bits per heavy atom. The molecule has 6 rings (SSSR count). The molecule has 1 aromatic carbocycles. The first-order valence-electron chi connectivity index (χ1n) is 10.8. The van der Waals surface area contributed by atoms with Crippen LogP contribution < -0.4 is 0 Å². The SMILES string of the molecule is CC(c1c(F)cc2ncc(-c3cnn(C)c3)cc2c1F)n1nnc2ncc(-c3ccc(C#N)s3)nc21. The van der Waals surface area contributed by atoms with Gasteiger partial charge >= 0.3 is 0 Å². The second-order valence-electron chi connectivity index (χ2n) is 8.17. The van der Waals surface area contributed by atoms with Crippen LogP contribution in [0.1, 0.15) is 23.4 Å². The van der Waals surface area contributed by atoms with E-state index in [1.165, 1.54) is 28.3 Å². The van der Waals surface area contributed by atoms with Crippen LogP contribution in [-0.2, 0) is 7.05 Å². The molecule has 0 saturated heterocycles. The molecule has 0 fully saturated rings. The molecule has 0 radical (unpaired) electrons. The summed E-state index contributed by atoms with van der Waals surface area (Å²) in [5.74, 6) is -1.49. The smallest absolute Gasteiger partial charge is 0.221 e. The fraction of sp³-hybridized carbons (Fsp3) is 0.125. The molecule has 0 saturated carbocycles. The molecule has 0 bridgehead atoms. The Hall–Kier alpha value is -4.63. The molecule has 0 spiro atoms. The van der Waals surface area contributed by atoms with Crippen molar-refractivity contribution in [1.82, 2.24) is 39.7 Å². The molecule has 5 aromatic heterocycles. The van der Waals surface area contributed by atoms with Gasteiger partial charge in [-0.1, -0.05) is 5.21 Å². The average Bonchev–Trinajstić information content (AvgIpc) is 3.63. The largest absolute Gasteiger partial charge is 0.275 e. The molecule has 0 aliphatic carbocycles. The predicted molar refractivity (Wildman–Crippen MR) is 129 cm³/mol. The van der Waals surface area contributed by atoms with Crippen LogP contribution in [0.2, 0.25) is 0 Å². The van der Waals surface area contributed by atoms with E-state index >= 15 is 8.78 Å². The lowest BCUT2D eigenvalue weighted by Gasteiger charge is -2.16. The Morgan fingerprint density at radius 1 is 1.08 bits per heavy atom. The van der Waals surface area contributed by atoms with Crippen molar-refractivity contribution in [2.24, 2.45) is 7.05 Å². The fourth-order valence-corrected chi connectivity index (χ4v) is 4.85. The van der Waals surface area contributed by atoms with Crippen molar-refractivity contribution in [1.29, 1.82) is 5.26 Å². The highest BCUT2D eigenvalue weighted by Crippen LogP contribution is 2.33. The van der Waals surface area contributed by atoms with Crippen LogP contribution in [0.3, 0.4) is 0 Å². The number of halogens is 2. The van der Waals surface area contributed by atoms with Crippen LogP contribution in [0.25, 0.3) is 43.9 Å². The van der Waals surface area contributed by atoms with E-state index in [0.29, 0.717) is 16.1 Å². The van der Waals surface area contributed by atoms with Gasteiger partial charge in [-0.15, -0.1) is 16.4 Å². The normalized spacial score (nSPS) is 12.3. The van der Waals surface area contributed by atoms with Crippen molar-refractivity contribution < 1.29 is 8.78 Å². The van der Waals surface area contributed by atoms with Gasteiger partial charge in [-0.05, 0) is 25.1 Å². The summed E-state index contributed by atoms with van der Waals surface area (Å²) in [5.41, 5.74) is 2.46. The summed E-state index contributed by atoms with van der Waals surface area (Å²) >= 11 is 1.27. The Kier molecular flexibility index (Phi) is 5.01. The number of nitriles is 1. The van der Waals surface area contributed by atoms with Crippen LogP contribution in [-0.4, -0.2) is 39.7 Å². The van der Waals surface area contributed by atoms with Crippen molar-refractivity contribution in [3.05, 3.63) is 71.1 Å². The van der Waals surface area contributed by atoms with Gasteiger partial charge in [-0.3, -0.25) is 9.67 Å². The molecule has 12 heteroatoms. The zero-order valence-electron chi connectivity index (χ0n) is 18.9. The summed E-state index contributed by atoms with van der Waals surface area (Å²) in [6.45, 7) is 1.62. The number of aromatic nitrogens is 8. The molecular weight excluding hydrogens is 484 g/mol. The van der Waals surface area contributed by atoms with Gasteiger partial charge in [0.25, 0.3) is 0 Å². The standard InChI is InChI=1S/C24H15F2N9S/c1-12(35-24-23(32-33-35)29-10-19(31-24)20-4-3-15(7-27)36-20)21-17(25)6-18-16(22(21)26)5-13(8-28-18)14-9-30-34(2)11-14/h3-6,8-12H,1-2H3. The highest BCUT2D eigenvalue weighted by molar-refractivity contribution is 7.15. The van der Waals surface area contributed by atoms with Crippen LogP contribution in [0.15, 0.2) is 49.1 Å². The number of benzene rings is 1. The number of fused-ring (bicyclic) bond motifs is 2. The summed E-state index contributed by atoms with van der Waals surface area (Å²) in [6.07, 6.45) is 6.53. The lowest BCUT2D eigenvalue weighted by Crippen LogP contribution is -2.14. The Morgan fingerprint density at radius 3 is 2.69 bits per heavy atom. The Bertz CT molecular complexity index is 1830. The zero-order chi connectivity index (χ0) is 25.0. The number of pyridine rings is 1. The minimum atomic E-state index is -0.885. The fourth-order valence-electron chi connectivity index (χ4n) is 4.09. The van der Waals surface area contributed by atoms with E-state index in [9.17, 15) is 0 Å². The van der Waals surface area contributed by atoms with Crippen molar-refractivity contribution in [2.75, 3.05) is 0 Å². The Balaban J connectivity index is 1.47. The number of rotatable bonds is 4. The number of aryl methyl sites for hydroxylation is 1. The first-order chi connectivity index (χ1) is 17.4. The summed E-state index contributed by atoms with van der Waals surface area (Å²) in [4.78, 5) is 14.4. The average molecular weight is 500 g/mol. The third-order valence-corrected chi connectivity index (χ3v) is 6.90. The van der Waals surface area contributed by atoms with Crippen LogP contribution >= 0.6 is 11.3 Å². The minimum Gasteiger partial charge on any atom is -0.275 e. The number of hydrogen-bond donors (Lipinski definition) is 0. The van der Waals surface area contributed by atoms with E-state index in [2.05, 4.69) is 36.4 Å². The van der Waals surface area contributed by atoms with E-state index in [1.807, 2.05) is 0 Å². The molecule has 5 heterocycles. The Labute approximate surface area is 206 Å². The van der Waals surface area contributed by atoms with Crippen molar-refractivity contribution in [3.63, 3.8) is 0 Å². The van der Waals surface area contributed by atoms with Gasteiger partial charge in [-0.25, -0.2) is 23.4 Å². The maximum absolute atomic E-state index is 15.8. The highest BCUT2D eigenvalue weighted by atomic mass is 32.1. The molecule has 36 heavy (non-hydrogen) atoms. The summed E-state index contributed by atoms with van der Waals surface area (Å²) < 4.78 is 34.0. The zero-order valence-corrected chi connectivity index (χ0v) is 19.7. The number of hydrogen-bond acceptors (Lipinski definition) is 8. The summed E-state index contributed by atoms with van der Waals surface area (Å²) in [6, 6.07) is 7.51. The minimum absolute atomic E-state index is 0.179. The molecule has 0 aliphatic heterocycles. The maximum Gasteiger partial charge on any atom is 0.221 e. The lowest BCUT2D eigenvalue weighted by atomic mass is 10.0. The van der Waals surface area contributed by atoms with E-state index in [0.717, 1.165) is 10.4 Å². The molecule has 0 N–H and O–H groups in total. The molecule has 1 unspecified atom stereocenters. The topological polar surface area (TPSA) is 111 Å². The van der Waals surface area contributed by atoms with Crippen LogP contribution in [0, 0.1) is 23.0 Å².